The van der Waals surface area contributed by atoms with E-state index in [-0.39, 0.29) is 29.8 Å². The van der Waals surface area contributed by atoms with Crippen LogP contribution in [0.5, 0.6) is 0 Å². The summed E-state index contributed by atoms with van der Waals surface area (Å²) in [5.74, 6) is 0.578. The van der Waals surface area contributed by atoms with Gasteiger partial charge < -0.3 is 15.5 Å². The summed E-state index contributed by atoms with van der Waals surface area (Å²) in [7, 11) is 5.81. The van der Waals surface area contributed by atoms with Gasteiger partial charge in [0.05, 0.1) is 0 Å². The number of rotatable bonds is 7. The third-order valence-corrected chi connectivity index (χ3v) is 4.03. The minimum atomic E-state index is -0.159. The predicted molar refractivity (Wildman–Crippen MR) is 119 cm³/mol. The number of nitrogens with one attached hydrogen (secondary N) is 2. The predicted octanol–water partition coefficient (Wildman–Crippen LogP) is 3.46. The van der Waals surface area contributed by atoms with Crippen LogP contribution in [0.25, 0.3) is 0 Å². The molecule has 0 aliphatic rings. The summed E-state index contributed by atoms with van der Waals surface area (Å²) in [6, 6.07) is 15.4. The molecule has 2 rings (SSSR count). The molecule has 0 unspecified atom stereocenters. The SMILES string of the molecule is CN=C(NCCc1ccc(N(C)C)cc1)NCCc1ccccc1F.I. The van der Waals surface area contributed by atoms with E-state index in [1.807, 2.05) is 26.2 Å². The van der Waals surface area contributed by atoms with Gasteiger partial charge in [-0.1, -0.05) is 30.3 Å². The molecule has 0 atom stereocenters. The molecule has 0 fully saturated rings. The van der Waals surface area contributed by atoms with E-state index >= 15 is 0 Å². The van der Waals surface area contributed by atoms with Crippen molar-refractivity contribution in [2.45, 2.75) is 12.8 Å². The monoisotopic (exact) mass is 470 g/mol. The molecule has 2 aromatic carbocycles. The van der Waals surface area contributed by atoms with Crippen LogP contribution in [-0.2, 0) is 12.8 Å². The second kappa shape index (κ2) is 11.7. The van der Waals surface area contributed by atoms with Gasteiger partial charge in [-0.25, -0.2) is 4.39 Å². The number of halogens is 2. The average molecular weight is 470 g/mol. The van der Waals surface area contributed by atoms with Crippen molar-refractivity contribution < 1.29 is 4.39 Å². The van der Waals surface area contributed by atoms with Gasteiger partial charge in [0.15, 0.2) is 5.96 Å². The van der Waals surface area contributed by atoms with Crippen molar-refractivity contribution in [1.29, 1.82) is 0 Å². The van der Waals surface area contributed by atoms with E-state index in [9.17, 15) is 4.39 Å². The average Bonchev–Trinajstić information content (AvgIpc) is 2.62. The minimum Gasteiger partial charge on any atom is -0.378 e. The fourth-order valence-electron chi connectivity index (χ4n) is 2.52. The van der Waals surface area contributed by atoms with Crippen LogP contribution in [0, 0.1) is 5.82 Å². The maximum atomic E-state index is 13.6. The molecule has 4 nitrogen and oxygen atoms in total. The summed E-state index contributed by atoms with van der Waals surface area (Å²) in [6.07, 6.45) is 1.54. The van der Waals surface area contributed by atoms with Gasteiger partial charge in [-0.15, -0.1) is 24.0 Å². The van der Waals surface area contributed by atoms with E-state index in [0.717, 1.165) is 18.9 Å². The molecule has 2 N–H and O–H groups in total. The number of hydrogen-bond donors (Lipinski definition) is 2. The number of hydrogen-bond acceptors (Lipinski definition) is 2. The minimum absolute atomic E-state index is 0. The molecule has 6 heteroatoms. The Morgan fingerprint density at radius 3 is 2.15 bits per heavy atom. The first-order chi connectivity index (χ1) is 12.1. The van der Waals surface area contributed by atoms with Gasteiger partial charge in [0, 0.05) is 39.9 Å². The molecule has 142 valence electrons. The van der Waals surface area contributed by atoms with Gasteiger partial charge in [0.2, 0.25) is 0 Å². The van der Waals surface area contributed by atoms with Crippen molar-refractivity contribution >= 4 is 35.6 Å². The van der Waals surface area contributed by atoms with Crippen molar-refractivity contribution in [2.75, 3.05) is 39.1 Å². The molecule has 26 heavy (non-hydrogen) atoms. The Balaban J connectivity index is 0.00000338. The summed E-state index contributed by atoms with van der Waals surface area (Å²) in [5, 5.41) is 6.51. The molecule has 0 saturated carbocycles. The van der Waals surface area contributed by atoms with Gasteiger partial charge in [-0.05, 0) is 42.2 Å². The zero-order chi connectivity index (χ0) is 18.1. The van der Waals surface area contributed by atoms with Crippen LogP contribution < -0.4 is 15.5 Å². The van der Waals surface area contributed by atoms with E-state index in [4.69, 9.17) is 0 Å². The zero-order valence-electron chi connectivity index (χ0n) is 15.6. The van der Waals surface area contributed by atoms with Crippen LogP contribution in [0.15, 0.2) is 53.5 Å². The number of guanidine groups is 1. The standard InChI is InChI=1S/C20H27FN4.HI/c1-22-20(24-15-13-17-6-4-5-7-19(17)21)23-14-12-16-8-10-18(11-9-16)25(2)3;/h4-11H,12-15H2,1-3H3,(H2,22,23,24);1H. The zero-order valence-corrected chi connectivity index (χ0v) is 18.0. The maximum absolute atomic E-state index is 13.6. The summed E-state index contributed by atoms with van der Waals surface area (Å²) in [6.45, 7) is 1.43. The number of aliphatic imine (C=N–C) groups is 1. The van der Waals surface area contributed by atoms with E-state index in [1.54, 1.807) is 13.1 Å². The van der Waals surface area contributed by atoms with Crippen molar-refractivity contribution in [3.8, 4) is 0 Å². The van der Waals surface area contributed by atoms with Crippen LogP contribution >= 0.6 is 24.0 Å². The van der Waals surface area contributed by atoms with Crippen LogP contribution in [0.3, 0.4) is 0 Å². The van der Waals surface area contributed by atoms with Crippen LogP contribution in [0.1, 0.15) is 11.1 Å². The normalized spacial score (nSPS) is 10.8. The van der Waals surface area contributed by atoms with Gasteiger partial charge in [-0.2, -0.15) is 0 Å². The molecule has 0 saturated heterocycles. The van der Waals surface area contributed by atoms with Crippen LogP contribution in [0.4, 0.5) is 10.1 Å². The fourth-order valence-corrected chi connectivity index (χ4v) is 2.52. The van der Waals surface area contributed by atoms with Gasteiger partial charge in [0.1, 0.15) is 5.82 Å². The van der Waals surface area contributed by atoms with E-state index in [2.05, 4.69) is 44.8 Å². The topological polar surface area (TPSA) is 39.7 Å². The summed E-state index contributed by atoms with van der Waals surface area (Å²) < 4.78 is 13.6. The Bertz CT molecular complexity index is 686. The fraction of sp³-hybridized carbons (Fsp3) is 0.350. The maximum Gasteiger partial charge on any atom is 0.190 e. The van der Waals surface area contributed by atoms with Gasteiger partial charge in [0.25, 0.3) is 0 Å². The summed E-state index contributed by atoms with van der Waals surface area (Å²) >= 11 is 0. The van der Waals surface area contributed by atoms with E-state index in [1.165, 1.54) is 17.3 Å². The highest BCUT2D eigenvalue weighted by atomic mass is 127. The molecule has 0 radical (unpaired) electrons. The first-order valence-electron chi connectivity index (χ1n) is 8.54. The quantitative estimate of drug-likeness (QED) is 0.370. The molecule has 0 aromatic heterocycles. The van der Waals surface area contributed by atoms with Crippen molar-refractivity contribution in [3.63, 3.8) is 0 Å². The van der Waals surface area contributed by atoms with Crippen molar-refractivity contribution in [3.05, 3.63) is 65.5 Å². The molecule has 0 bridgehead atoms. The smallest absolute Gasteiger partial charge is 0.190 e. The van der Waals surface area contributed by atoms with Gasteiger partial charge >= 0.3 is 0 Å². The molecule has 0 amide bonds. The Morgan fingerprint density at radius 2 is 1.58 bits per heavy atom. The van der Waals surface area contributed by atoms with Crippen molar-refractivity contribution in [1.82, 2.24) is 10.6 Å². The number of anilines is 1. The first kappa shape index (κ1) is 22.2. The summed E-state index contributed by atoms with van der Waals surface area (Å²) in [5.41, 5.74) is 3.19. The van der Waals surface area contributed by atoms with Gasteiger partial charge in [-0.3, -0.25) is 4.99 Å². The lowest BCUT2D eigenvalue weighted by molar-refractivity contribution is 0.606. The molecular weight excluding hydrogens is 442 g/mol. The van der Waals surface area contributed by atoms with Crippen LogP contribution in [-0.4, -0.2) is 40.2 Å². The first-order valence-corrected chi connectivity index (χ1v) is 8.54. The Morgan fingerprint density at radius 1 is 0.962 bits per heavy atom. The molecule has 0 heterocycles. The third kappa shape index (κ3) is 7.19. The summed E-state index contributed by atoms with van der Waals surface area (Å²) in [4.78, 5) is 6.29. The Labute approximate surface area is 172 Å². The molecule has 2 aromatic rings. The lowest BCUT2D eigenvalue weighted by Gasteiger charge is -2.14. The highest BCUT2D eigenvalue weighted by molar-refractivity contribution is 14.0. The van der Waals surface area contributed by atoms with Crippen molar-refractivity contribution in [2.24, 2.45) is 4.99 Å². The Kier molecular flexibility index (Phi) is 10.0. The molecule has 0 aliphatic carbocycles. The lowest BCUT2D eigenvalue weighted by atomic mass is 10.1. The molecular formula is C20H28FIN4. The van der Waals surface area contributed by atoms with Crippen LogP contribution in [0.2, 0.25) is 0 Å². The second-order valence-electron chi connectivity index (χ2n) is 6.08. The molecule has 0 aliphatic heterocycles. The largest absolute Gasteiger partial charge is 0.378 e. The highest BCUT2D eigenvalue weighted by Gasteiger charge is 2.02. The van der Waals surface area contributed by atoms with E-state index in [0.29, 0.717) is 18.5 Å². The number of nitrogens with zero attached hydrogens (tertiary/aromatic N) is 2. The van der Waals surface area contributed by atoms with E-state index < -0.39 is 0 Å². The number of benzene rings is 2. The Hall–Kier alpha value is -1.83. The molecule has 0 spiro atoms. The highest BCUT2D eigenvalue weighted by Crippen LogP contribution is 2.12. The lowest BCUT2D eigenvalue weighted by Crippen LogP contribution is -2.39. The third-order valence-electron chi connectivity index (χ3n) is 4.03. The second-order valence-corrected chi connectivity index (χ2v) is 6.08.